The smallest absolute Gasteiger partial charge is 0.254 e. The number of piperidine rings is 1. The van der Waals surface area contributed by atoms with Crippen LogP contribution in [-0.2, 0) is 4.79 Å². The first kappa shape index (κ1) is 20.9. The molecule has 168 valence electrons. The number of aromatic nitrogens is 1. The molecule has 0 aliphatic carbocycles. The van der Waals surface area contributed by atoms with Crippen LogP contribution in [0.25, 0.3) is 6.08 Å². The highest BCUT2D eigenvalue weighted by Gasteiger charge is 2.36. The summed E-state index contributed by atoms with van der Waals surface area (Å²) in [5.74, 6) is 1.40. The minimum absolute atomic E-state index is 0.115. The van der Waals surface area contributed by atoms with Crippen molar-refractivity contribution in [3.8, 4) is 0 Å². The molecule has 5 rings (SSSR count). The van der Waals surface area contributed by atoms with Gasteiger partial charge in [-0.25, -0.2) is 14.4 Å². The van der Waals surface area contributed by atoms with Crippen molar-refractivity contribution >= 4 is 17.8 Å². The van der Waals surface area contributed by atoms with E-state index in [0.29, 0.717) is 6.54 Å². The van der Waals surface area contributed by atoms with Crippen molar-refractivity contribution in [2.45, 2.75) is 38.1 Å². The van der Waals surface area contributed by atoms with Gasteiger partial charge in [-0.3, -0.25) is 14.8 Å². The van der Waals surface area contributed by atoms with E-state index in [1.165, 1.54) is 18.7 Å². The minimum atomic E-state index is -0.335. The van der Waals surface area contributed by atoms with Crippen LogP contribution < -0.4 is 0 Å². The Balaban J connectivity index is 1.39. The fraction of sp³-hybridized carbons (Fsp3) is 0.458. The van der Waals surface area contributed by atoms with Gasteiger partial charge < -0.3 is 9.80 Å². The van der Waals surface area contributed by atoms with Gasteiger partial charge in [0.1, 0.15) is 11.7 Å². The van der Waals surface area contributed by atoms with E-state index < -0.39 is 0 Å². The molecular weight excluding hydrogens is 407 g/mol. The van der Waals surface area contributed by atoms with Gasteiger partial charge in [0, 0.05) is 45.1 Å². The lowest BCUT2D eigenvalue weighted by Crippen LogP contribution is -2.37. The van der Waals surface area contributed by atoms with Crippen molar-refractivity contribution in [3.05, 3.63) is 59.6 Å². The predicted octanol–water partition coefficient (Wildman–Crippen LogP) is 3.01. The Hall–Kier alpha value is -3.00. The quantitative estimate of drug-likeness (QED) is 0.729. The predicted molar refractivity (Wildman–Crippen MR) is 121 cm³/mol. The van der Waals surface area contributed by atoms with Crippen LogP contribution in [0.4, 0.5) is 4.39 Å². The van der Waals surface area contributed by atoms with Crippen molar-refractivity contribution in [2.75, 3.05) is 33.2 Å². The highest BCUT2D eigenvalue weighted by atomic mass is 19.1. The van der Waals surface area contributed by atoms with Gasteiger partial charge in [-0.2, -0.15) is 0 Å². The number of amides is 1. The van der Waals surface area contributed by atoms with Crippen LogP contribution in [0.3, 0.4) is 0 Å². The first-order valence-corrected chi connectivity index (χ1v) is 11.4. The number of rotatable bonds is 3. The molecule has 2 saturated heterocycles. The lowest BCUT2D eigenvalue weighted by atomic mass is 10.1. The topological polar surface area (TPSA) is 55.3 Å². The normalized spacial score (nSPS) is 24.0. The molecule has 1 aromatic rings. The van der Waals surface area contributed by atoms with E-state index >= 15 is 0 Å². The van der Waals surface area contributed by atoms with Gasteiger partial charge in [0.2, 0.25) is 0 Å². The molecule has 1 unspecified atom stereocenters. The zero-order valence-electron chi connectivity index (χ0n) is 18.5. The fourth-order valence-corrected chi connectivity index (χ4v) is 4.89. The maximum absolute atomic E-state index is 13.4. The van der Waals surface area contributed by atoms with Gasteiger partial charge in [-0.1, -0.05) is 12.2 Å². The van der Waals surface area contributed by atoms with Gasteiger partial charge in [-0.15, -0.1) is 0 Å². The molecule has 32 heavy (non-hydrogen) atoms. The molecule has 0 N–H and O–H groups in total. The van der Waals surface area contributed by atoms with E-state index in [9.17, 15) is 9.18 Å². The third kappa shape index (κ3) is 4.07. The SMILES string of the molecule is CN1CC(C(=O)N2CCCCC2)=C2N=C(N3CCCC3/C=C/c3cncc(F)c3)C=CN21. The lowest BCUT2D eigenvalue weighted by Gasteiger charge is -2.31. The largest absolute Gasteiger partial charge is 0.350 e. The molecule has 8 heteroatoms. The summed E-state index contributed by atoms with van der Waals surface area (Å²) >= 11 is 0. The van der Waals surface area contributed by atoms with Crippen LogP contribution in [0.1, 0.15) is 37.7 Å². The number of likely N-dealkylation sites (N-methyl/N-ethyl adjacent to an activating group) is 1. The monoisotopic (exact) mass is 436 g/mol. The minimum Gasteiger partial charge on any atom is -0.350 e. The Morgan fingerprint density at radius 3 is 2.81 bits per heavy atom. The number of nitrogens with zero attached hydrogens (tertiary/aromatic N) is 6. The molecular formula is C24H29FN6O. The molecule has 1 amide bonds. The van der Waals surface area contributed by atoms with Crippen molar-refractivity contribution in [3.63, 3.8) is 0 Å². The molecule has 7 nitrogen and oxygen atoms in total. The number of amidine groups is 1. The summed E-state index contributed by atoms with van der Waals surface area (Å²) < 4.78 is 13.4. The molecule has 4 aliphatic heterocycles. The highest BCUT2D eigenvalue weighted by molar-refractivity contribution is 5.99. The molecule has 5 heterocycles. The second-order valence-electron chi connectivity index (χ2n) is 8.80. The number of hydrazine groups is 1. The molecule has 2 fully saturated rings. The summed E-state index contributed by atoms with van der Waals surface area (Å²) in [5, 5.41) is 4.00. The van der Waals surface area contributed by atoms with E-state index in [0.717, 1.165) is 68.1 Å². The van der Waals surface area contributed by atoms with Gasteiger partial charge >= 0.3 is 0 Å². The first-order valence-electron chi connectivity index (χ1n) is 11.4. The van der Waals surface area contributed by atoms with Crippen molar-refractivity contribution in [1.82, 2.24) is 24.8 Å². The van der Waals surface area contributed by atoms with E-state index in [1.54, 1.807) is 6.20 Å². The summed E-state index contributed by atoms with van der Waals surface area (Å²) in [7, 11) is 1.98. The number of halogens is 1. The highest BCUT2D eigenvalue weighted by Crippen LogP contribution is 2.30. The van der Waals surface area contributed by atoms with E-state index in [1.807, 2.05) is 40.3 Å². The summed E-state index contributed by atoms with van der Waals surface area (Å²) in [6.45, 7) is 3.14. The first-order chi connectivity index (χ1) is 15.6. The molecule has 1 aromatic heterocycles. The zero-order valence-corrected chi connectivity index (χ0v) is 18.5. The van der Waals surface area contributed by atoms with E-state index in [-0.39, 0.29) is 17.8 Å². The van der Waals surface area contributed by atoms with Crippen molar-refractivity contribution in [1.29, 1.82) is 0 Å². The number of hydrogen-bond acceptors (Lipinski definition) is 6. The maximum atomic E-state index is 13.4. The summed E-state index contributed by atoms with van der Waals surface area (Å²) in [6.07, 6.45) is 16.3. The Labute approximate surface area is 188 Å². The summed E-state index contributed by atoms with van der Waals surface area (Å²) in [5.41, 5.74) is 1.52. The summed E-state index contributed by atoms with van der Waals surface area (Å²) in [6, 6.07) is 1.66. The number of hydrogen-bond donors (Lipinski definition) is 0. The number of carbonyl (C=O) groups excluding carboxylic acids is 1. The average molecular weight is 437 g/mol. The van der Waals surface area contributed by atoms with Gasteiger partial charge in [-0.05, 0) is 49.8 Å². The Morgan fingerprint density at radius 2 is 2.00 bits per heavy atom. The van der Waals surface area contributed by atoms with Crippen LogP contribution in [-0.4, -0.2) is 75.8 Å². The van der Waals surface area contributed by atoms with Gasteiger partial charge in [0.15, 0.2) is 5.82 Å². The molecule has 1 atom stereocenters. The maximum Gasteiger partial charge on any atom is 0.254 e. The number of pyridine rings is 1. The number of likely N-dealkylation sites (tertiary alicyclic amines) is 2. The third-order valence-corrected chi connectivity index (χ3v) is 6.56. The van der Waals surface area contributed by atoms with E-state index in [2.05, 4.69) is 16.0 Å². The Bertz CT molecular complexity index is 1010. The molecule has 0 bridgehead atoms. The van der Waals surface area contributed by atoms with Crippen LogP contribution in [0.15, 0.2) is 53.2 Å². The molecule has 0 aromatic carbocycles. The average Bonchev–Trinajstić information content (AvgIpc) is 3.42. The standard InChI is InChI=1S/C24H29FN6O/c1-28-17-21(24(32)29-10-3-2-4-11-29)23-27-22(9-13-31(23)28)30-12-5-6-20(30)8-7-18-14-19(25)16-26-15-18/h7-9,13-16,20H,2-6,10-12,17H2,1H3/b8-7+. The Kier molecular flexibility index (Phi) is 5.78. The van der Waals surface area contributed by atoms with Crippen molar-refractivity contribution < 1.29 is 9.18 Å². The zero-order chi connectivity index (χ0) is 22.1. The second-order valence-corrected chi connectivity index (χ2v) is 8.80. The number of fused-ring (bicyclic) bond motifs is 1. The second kappa shape index (κ2) is 8.86. The van der Waals surface area contributed by atoms with Gasteiger partial charge in [0.25, 0.3) is 5.91 Å². The van der Waals surface area contributed by atoms with E-state index in [4.69, 9.17) is 4.99 Å². The lowest BCUT2D eigenvalue weighted by molar-refractivity contribution is -0.128. The fourth-order valence-electron chi connectivity index (χ4n) is 4.89. The number of carbonyl (C=O) groups is 1. The van der Waals surface area contributed by atoms with Gasteiger partial charge in [0.05, 0.1) is 18.3 Å². The van der Waals surface area contributed by atoms with Crippen LogP contribution in [0.5, 0.6) is 0 Å². The molecule has 4 aliphatic rings. The number of aliphatic imine (C=N–C) groups is 1. The third-order valence-electron chi connectivity index (χ3n) is 6.56. The van der Waals surface area contributed by atoms with Crippen molar-refractivity contribution in [2.24, 2.45) is 4.99 Å². The summed E-state index contributed by atoms with van der Waals surface area (Å²) in [4.78, 5) is 26.4. The molecule has 0 saturated carbocycles. The molecule has 0 spiro atoms. The Morgan fingerprint density at radius 1 is 1.16 bits per heavy atom. The van der Waals surface area contributed by atoms with Crippen LogP contribution >= 0.6 is 0 Å². The van der Waals surface area contributed by atoms with Crippen LogP contribution in [0.2, 0.25) is 0 Å². The van der Waals surface area contributed by atoms with Crippen LogP contribution in [0, 0.1) is 5.82 Å². The molecule has 0 radical (unpaired) electrons.